The molecule has 0 N–H and O–H groups in total. The summed E-state index contributed by atoms with van der Waals surface area (Å²) in [7, 11) is 0. The van der Waals surface area contributed by atoms with Gasteiger partial charge in [0, 0.05) is 0 Å². The standard InChI is InChI=1S/C15H16Se/c1-13(14-8-4-2-5-9-14)12-16-15-10-6-3-7-11-15/h2-11,13H,12H2,1H3. The molecule has 0 aliphatic rings. The molecule has 2 rings (SSSR count). The molecular weight excluding hydrogens is 259 g/mol. The van der Waals surface area contributed by atoms with Crippen LogP contribution in [0.5, 0.6) is 0 Å². The van der Waals surface area contributed by atoms with Crippen molar-refractivity contribution in [3.63, 3.8) is 0 Å². The molecule has 0 aliphatic carbocycles. The molecular formula is C15H16Se. The number of benzene rings is 2. The summed E-state index contributed by atoms with van der Waals surface area (Å²) in [5, 5.41) is 1.28. The Bertz CT molecular complexity index is 408. The molecule has 0 amide bonds. The Balaban J connectivity index is 1.92. The fourth-order valence-electron chi connectivity index (χ4n) is 1.62. The van der Waals surface area contributed by atoms with Gasteiger partial charge in [-0.2, -0.15) is 0 Å². The summed E-state index contributed by atoms with van der Waals surface area (Å²) in [6, 6.07) is 21.6. The molecule has 82 valence electrons. The zero-order chi connectivity index (χ0) is 11.2. The van der Waals surface area contributed by atoms with E-state index in [2.05, 4.69) is 67.6 Å². The predicted octanol–water partition coefficient (Wildman–Crippen LogP) is 3.24. The Hall–Kier alpha value is -1.04. The van der Waals surface area contributed by atoms with Gasteiger partial charge < -0.3 is 0 Å². The van der Waals surface area contributed by atoms with Crippen molar-refractivity contribution in [3.8, 4) is 0 Å². The fourth-order valence-corrected chi connectivity index (χ4v) is 3.68. The van der Waals surface area contributed by atoms with Crippen molar-refractivity contribution in [2.45, 2.75) is 18.2 Å². The number of hydrogen-bond acceptors (Lipinski definition) is 0. The zero-order valence-electron chi connectivity index (χ0n) is 9.47. The normalized spacial score (nSPS) is 12.3. The summed E-state index contributed by atoms with van der Waals surface area (Å²) in [6.45, 7) is 2.32. The van der Waals surface area contributed by atoms with Crippen molar-refractivity contribution in [1.82, 2.24) is 0 Å². The molecule has 0 saturated carbocycles. The topological polar surface area (TPSA) is 0 Å². The summed E-state index contributed by atoms with van der Waals surface area (Å²) in [5.74, 6) is 0.668. The summed E-state index contributed by atoms with van der Waals surface area (Å²) in [4.78, 5) is 0. The van der Waals surface area contributed by atoms with E-state index in [9.17, 15) is 0 Å². The second kappa shape index (κ2) is 5.88. The van der Waals surface area contributed by atoms with E-state index in [0.29, 0.717) is 20.9 Å². The Morgan fingerprint density at radius 1 is 0.875 bits per heavy atom. The van der Waals surface area contributed by atoms with Crippen molar-refractivity contribution >= 4 is 19.4 Å². The Morgan fingerprint density at radius 3 is 2.06 bits per heavy atom. The number of rotatable bonds is 4. The first-order valence-electron chi connectivity index (χ1n) is 5.59. The first-order chi connectivity index (χ1) is 7.86. The molecule has 2 aromatic carbocycles. The van der Waals surface area contributed by atoms with Crippen LogP contribution >= 0.6 is 0 Å². The van der Waals surface area contributed by atoms with E-state index in [1.54, 1.807) is 0 Å². The van der Waals surface area contributed by atoms with Crippen LogP contribution in [-0.2, 0) is 0 Å². The maximum atomic E-state index is 2.32. The molecule has 0 bridgehead atoms. The second-order valence-corrected chi connectivity index (χ2v) is 6.23. The van der Waals surface area contributed by atoms with E-state index >= 15 is 0 Å². The summed E-state index contributed by atoms with van der Waals surface area (Å²) >= 11 is 0.594. The maximum absolute atomic E-state index is 2.32. The number of hydrogen-bond donors (Lipinski definition) is 0. The summed E-state index contributed by atoms with van der Waals surface area (Å²) in [6.07, 6.45) is 0. The van der Waals surface area contributed by atoms with Crippen LogP contribution in [0.1, 0.15) is 18.4 Å². The first-order valence-corrected chi connectivity index (χ1v) is 7.66. The third kappa shape index (κ3) is 3.23. The quantitative estimate of drug-likeness (QED) is 0.751. The average Bonchev–Trinajstić information content (AvgIpc) is 2.38. The van der Waals surface area contributed by atoms with Gasteiger partial charge >= 0.3 is 104 Å². The van der Waals surface area contributed by atoms with E-state index in [1.165, 1.54) is 15.3 Å². The molecule has 1 unspecified atom stereocenters. The Morgan fingerprint density at radius 2 is 1.44 bits per heavy atom. The fraction of sp³-hybridized carbons (Fsp3) is 0.200. The van der Waals surface area contributed by atoms with Gasteiger partial charge in [-0.1, -0.05) is 0 Å². The molecule has 0 fully saturated rings. The van der Waals surface area contributed by atoms with Crippen LogP contribution in [0.25, 0.3) is 0 Å². The minimum absolute atomic E-state index is 0.594. The molecule has 1 heteroatoms. The van der Waals surface area contributed by atoms with Crippen LogP contribution in [0.4, 0.5) is 0 Å². The molecule has 0 aliphatic heterocycles. The summed E-state index contributed by atoms with van der Waals surface area (Å²) in [5.41, 5.74) is 1.46. The van der Waals surface area contributed by atoms with Crippen LogP contribution in [0.2, 0.25) is 5.32 Å². The minimum atomic E-state index is 0.594. The van der Waals surface area contributed by atoms with Crippen LogP contribution in [0, 0.1) is 0 Å². The van der Waals surface area contributed by atoms with Gasteiger partial charge in [-0.15, -0.1) is 0 Å². The van der Waals surface area contributed by atoms with Gasteiger partial charge in [-0.05, 0) is 0 Å². The molecule has 1 atom stereocenters. The Labute approximate surface area is 104 Å². The van der Waals surface area contributed by atoms with Gasteiger partial charge in [0.05, 0.1) is 0 Å². The van der Waals surface area contributed by atoms with Gasteiger partial charge in [0.25, 0.3) is 0 Å². The molecule has 0 aromatic heterocycles. The van der Waals surface area contributed by atoms with Crippen molar-refractivity contribution in [1.29, 1.82) is 0 Å². The van der Waals surface area contributed by atoms with Crippen molar-refractivity contribution in [3.05, 3.63) is 66.2 Å². The second-order valence-electron chi connectivity index (χ2n) is 3.94. The van der Waals surface area contributed by atoms with Crippen molar-refractivity contribution in [2.75, 3.05) is 0 Å². The van der Waals surface area contributed by atoms with Crippen LogP contribution in [-0.4, -0.2) is 15.0 Å². The van der Waals surface area contributed by atoms with E-state index in [1.807, 2.05) is 0 Å². The van der Waals surface area contributed by atoms with Gasteiger partial charge in [0.1, 0.15) is 0 Å². The average molecular weight is 275 g/mol. The van der Waals surface area contributed by atoms with E-state index < -0.39 is 0 Å². The molecule has 0 spiro atoms. The van der Waals surface area contributed by atoms with Crippen molar-refractivity contribution < 1.29 is 0 Å². The van der Waals surface area contributed by atoms with Crippen LogP contribution in [0.3, 0.4) is 0 Å². The van der Waals surface area contributed by atoms with Crippen LogP contribution in [0.15, 0.2) is 60.7 Å². The first kappa shape index (κ1) is 11.4. The predicted molar refractivity (Wildman–Crippen MR) is 71.5 cm³/mol. The van der Waals surface area contributed by atoms with Crippen molar-refractivity contribution in [2.24, 2.45) is 0 Å². The van der Waals surface area contributed by atoms with Gasteiger partial charge in [-0.25, -0.2) is 0 Å². The van der Waals surface area contributed by atoms with Gasteiger partial charge in [0.2, 0.25) is 0 Å². The Kier molecular flexibility index (Phi) is 4.21. The van der Waals surface area contributed by atoms with E-state index in [4.69, 9.17) is 0 Å². The molecule has 0 radical (unpaired) electrons. The van der Waals surface area contributed by atoms with Gasteiger partial charge in [-0.3, -0.25) is 0 Å². The molecule has 0 nitrogen and oxygen atoms in total. The van der Waals surface area contributed by atoms with Crippen LogP contribution < -0.4 is 4.46 Å². The van der Waals surface area contributed by atoms with E-state index in [-0.39, 0.29) is 0 Å². The summed E-state index contributed by atoms with van der Waals surface area (Å²) < 4.78 is 1.50. The van der Waals surface area contributed by atoms with Gasteiger partial charge in [0.15, 0.2) is 0 Å². The molecule has 2 aromatic rings. The van der Waals surface area contributed by atoms with E-state index in [0.717, 1.165) is 0 Å². The zero-order valence-corrected chi connectivity index (χ0v) is 11.2. The molecule has 0 saturated heterocycles. The SMILES string of the molecule is CC(C[Se]c1ccccc1)c1ccccc1. The molecule has 16 heavy (non-hydrogen) atoms. The third-order valence-corrected chi connectivity index (χ3v) is 5.28. The monoisotopic (exact) mass is 276 g/mol. The molecule has 0 heterocycles. The third-order valence-electron chi connectivity index (χ3n) is 2.61.